The summed E-state index contributed by atoms with van der Waals surface area (Å²) in [6, 6.07) is 2.07. The number of hydrogen-bond donors (Lipinski definition) is 1. The van der Waals surface area contributed by atoms with E-state index in [2.05, 4.69) is 33.9 Å². The Morgan fingerprint density at radius 2 is 2.11 bits per heavy atom. The second-order valence-corrected chi connectivity index (χ2v) is 4.97. The molecule has 3 heterocycles. The summed E-state index contributed by atoms with van der Waals surface area (Å²) >= 11 is 0. The third-order valence-corrected chi connectivity index (χ3v) is 3.37. The van der Waals surface area contributed by atoms with Gasteiger partial charge in [-0.2, -0.15) is 0 Å². The van der Waals surface area contributed by atoms with Crippen LogP contribution in [0.25, 0.3) is 6.08 Å². The van der Waals surface area contributed by atoms with Crippen molar-refractivity contribution in [3.05, 3.63) is 23.5 Å². The molecular weight excluding hydrogens is 240 g/mol. The van der Waals surface area contributed by atoms with Gasteiger partial charge in [0.1, 0.15) is 5.84 Å². The van der Waals surface area contributed by atoms with Crippen molar-refractivity contribution in [2.45, 2.75) is 13.3 Å². The molecule has 0 saturated carbocycles. The number of hydrogen-bond acceptors (Lipinski definition) is 5. The Balaban J connectivity index is 1.97. The SMILES string of the molecule is CC1=Cc2ncc(N3CCOCC3)cc2N=C(N)C1. The Kier molecular flexibility index (Phi) is 3.21. The summed E-state index contributed by atoms with van der Waals surface area (Å²) < 4.78 is 5.37. The van der Waals surface area contributed by atoms with E-state index in [4.69, 9.17) is 10.5 Å². The fraction of sp³-hybridized carbons (Fsp3) is 0.429. The molecule has 1 fully saturated rings. The summed E-state index contributed by atoms with van der Waals surface area (Å²) in [7, 11) is 0. The maximum atomic E-state index is 5.92. The zero-order valence-corrected chi connectivity index (χ0v) is 11.1. The molecule has 100 valence electrons. The first kappa shape index (κ1) is 12.2. The molecule has 0 unspecified atom stereocenters. The van der Waals surface area contributed by atoms with Crippen LogP contribution < -0.4 is 10.6 Å². The molecule has 0 amide bonds. The van der Waals surface area contributed by atoms with E-state index in [-0.39, 0.29) is 0 Å². The highest BCUT2D eigenvalue weighted by atomic mass is 16.5. The topological polar surface area (TPSA) is 63.7 Å². The fourth-order valence-electron chi connectivity index (χ4n) is 2.41. The number of amidine groups is 1. The normalized spacial score (nSPS) is 19.3. The van der Waals surface area contributed by atoms with Gasteiger partial charge in [0, 0.05) is 19.5 Å². The first-order valence-corrected chi connectivity index (χ1v) is 6.55. The predicted molar refractivity (Wildman–Crippen MR) is 76.8 cm³/mol. The molecule has 1 aromatic heterocycles. The van der Waals surface area contributed by atoms with Crippen LogP contribution >= 0.6 is 0 Å². The highest BCUT2D eigenvalue weighted by Crippen LogP contribution is 2.28. The average Bonchev–Trinajstić information content (AvgIpc) is 2.55. The fourth-order valence-corrected chi connectivity index (χ4v) is 2.41. The molecule has 2 aliphatic heterocycles. The lowest BCUT2D eigenvalue weighted by atomic mass is 10.1. The lowest BCUT2D eigenvalue weighted by Gasteiger charge is -2.28. The number of pyridine rings is 1. The monoisotopic (exact) mass is 258 g/mol. The molecule has 3 rings (SSSR count). The van der Waals surface area contributed by atoms with E-state index in [0.717, 1.165) is 43.4 Å². The summed E-state index contributed by atoms with van der Waals surface area (Å²) in [6.45, 7) is 5.38. The van der Waals surface area contributed by atoms with Crippen molar-refractivity contribution in [1.82, 2.24) is 4.98 Å². The third-order valence-electron chi connectivity index (χ3n) is 3.37. The van der Waals surface area contributed by atoms with Gasteiger partial charge in [0.25, 0.3) is 0 Å². The first-order chi connectivity index (χ1) is 9.22. The number of morpholine rings is 1. The number of aromatic nitrogens is 1. The van der Waals surface area contributed by atoms with Crippen LogP contribution in [0, 0.1) is 0 Å². The van der Waals surface area contributed by atoms with E-state index >= 15 is 0 Å². The minimum absolute atomic E-state index is 0.647. The van der Waals surface area contributed by atoms with Gasteiger partial charge >= 0.3 is 0 Å². The number of nitrogens with two attached hydrogens (primary N) is 1. The van der Waals surface area contributed by atoms with E-state index in [0.29, 0.717) is 12.3 Å². The molecule has 5 heteroatoms. The Labute approximate surface area is 112 Å². The zero-order valence-electron chi connectivity index (χ0n) is 11.1. The van der Waals surface area contributed by atoms with E-state index in [1.807, 2.05) is 6.20 Å². The maximum absolute atomic E-state index is 5.92. The number of rotatable bonds is 1. The van der Waals surface area contributed by atoms with Crippen LogP contribution in [0.1, 0.15) is 19.0 Å². The van der Waals surface area contributed by atoms with Crippen molar-refractivity contribution in [2.75, 3.05) is 31.2 Å². The van der Waals surface area contributed by atoms with Crippen molar-refractivity contribution in [2.24, 2.45) is 10.7 Å². The number of nitrogens with zero attached hydrogens (tertiary/aromatic N) is 3. The molecule has 0 spiro atoms. The van der Waals surface area contributed by atoms with Gasteiger partial charge in [-0.3, -0.25) is 4.98 Å². The second-order valence-electron chi connectivity index (χ2n) is 4.97. The molecule has 0 bridgehead atoms. The summed E-state index contributed by atoms with van der Waals surface area (Å²) in [5.74, 6) is 0.647. The highest BCUT2D eigenvalue weighted by Gasteiger charge is 2.15. The first-order valence-electron chi connectivity index (χ1n) is 6.55. The van der Waals surface area contributed by atoms with Gasteiger partial charge in [-0.1, -0.05) is 5.57 Å². The minimum atomic E-state index is 0.647. The van der Waals surface area contributed by atoms with Crippen molar-refractivity contribution < 1.29 is 4.74 Å². The van der Waals surface area contributed by atoms with Gasteiger partial charge < -0.3 is 15.4 Å². The maximum Gasteiger partial charge on any atom is 0.104 e. The minimum Gasteiger partial charge on any atom is -0.387 e. The number of fused-ring (bicyclic) bond motifs is 1. The predicted octanol–water partition coefficient (Wildman–Crippen LogP) is 1.71. The largest absolute Gasteiger partial charge is 0.387 e. The smallest absolute Gasteiger partial charge is 0.104 e. The van der Waals surface area contributed by atoms with Crippen LogP contribution in [0.15, 0.2) is 22.8 Å². The van der Waals surface area contributed by atoms with E-state index in [9.17, 15) is 0 Å². The van der Waals surface area contributed by atoms with Gasteiger partial charge in [0.2, 0.25) is 0 Å². The van der Waals surface area contributed by atoms with Gasteiger partial charge in [-0.25, -0.2) is 4.99 Å². The average molecular weight is 258 g/mol. The van der Waals surface area contributed by atoms with Crippen LogP contribution in [0.5, 0.6) is 0 Å². The number of aliphatic imine (C=N–C) groups is 1. The molecule has 1 saturated heterocycles. The summed E-state index contributed by atoms with van der Waals surface area (Å²) in [4.78, 5) is 11.3. The van der Waals surface area contributed by atoms with E-state index in [1.54, 1.807) is 0 Å². The van der Waals surface area contributed by atoms with Crippen LogP contribution in [0.3, 0.4) is 0 Å². The summed E-state index contributed by atoms with van der Waals surface area (Å²) in [6.07, 6.45) is 4.68. The van der Waals surface area contributed by atoms with Crippen LogP contribution in [0.2, 0.25) is 0 Å². The highest BCUT2D eigenvalue weighted by molar-refractivity contribution is 5.89. The quantitative estimate of drug-likeness (QED) is 0.833. The molecule has 2 aliphatic rings. The van der Waals surface area contributed by atoms with Crippen LogP contribution in [-0.2, 0) is 4.74 Å². The van der Waals surface area contributed by atoms with Crippen LogP contribution in [0.4, 0.5) is 11.4 Å². The lowest BCUT2D eigenvalue weighted by molar-refractivity contribution is 0.122. The zero-order chi connectivity index (χ0) is 13.2. The molecule has 0 aromatic carbocycles. The Bertz CT molecular complexity index is 544. The molecule has 5 nitrogen and oxygen atoms in total. The summed E-state index contributed by atoms with van der Waals surface area (Å²) in [5, 5.41) is 0. The summed E-state index contributed by atoms with van der Waals surface area (Å²) in [5.41, 5.74) is 9.95. The number of ether oxygens (including phenoxy) is 1. The van der Waals surface area contributed by atoms with Gasteiger partial charge in [-0.05, 0) is 19.1 Å². The Hall–Kier alpha value is -1.88. The van der Waals surface area contributed by atoms with Crippen molar-refractivity contribution in [3.8, 4) is 0 Å². The molecule has 0 aliphatic carbocycles. The van der Waals surface area contributed by atoms with Gasteiger partial charge in [0.15, 0.2) is 0 Å². The van der Waals surface area contributed by atoms with Crippen molar-refractivity contribution in [3.63, 3.8) is 0 Å². The Morgan fingerprint density at radius 1 is 1.32 bits per heavy atom. The standard InChI is InChI=1S/C14H18N4O/c1-10-6-12-13(17-14(15)7-10)8-11(9-16-12)18-2-4-19-5-3-18/h6,8-9H,2-5,7H2,1H3,(H2,15,17). The second kappa shape index (κ2) is 5.01. The molecule has 1 aromatic rings. The molecular formula is C14H18N4O. The number of anilines is 1. The third kappa shape index (κ3) is 2.61. The lowest BCUT2D eigenvalue weighted by Crippen LogP contribution is -2.36. The van der Waals surface area contributed by atoms with Gasteiger partial charge in [-0.15, -0.1) is 0 Å². The van der Waals surface area contributed by atoms with E-state index < -0.39 is 0 Å². The molecule has 2 N–H and O–H groups in total. The molecule has 19 heavy (non-hydrogen) atoms. The van der Waals surface area contributed by atoms with Crippen LogP contribution in [-0.4, -0.2) is 37.1 Å². The van der Waals surface area contributed by atoms with Gasteiger partial charge in [0.05, 0.1) is 36.5 Å². The van der Waals surface area contributed by atoms with Crippen molar-refractivity contribution >= 4 is 23.3 Å². The Morgan fingerprint density at radius 3 is 2.89 bits per heavy atom. The van der Waals surface area contributed by atoms with E-state index in [1.165, 1.54) is 5.57 Å². The van der Waals surface area contributed by atoms with Crippen molar-refractivity contribution in [1.29, 1.82) is 0 Å². The molecule has 0 atom stereocenters. The molecule has 0 radical (unpaired) electrons.